The van der Waals surface area contributed by atoms with Crippen LogP contribution in [0.25, 0.3) is 0 Å². The Hall–Kier alpha value is -3.06. The summed E-state index contributed by atoms with van der Waals surface area (Å²) in [7, 11) is 1.55. The lowest BCUT2D eigenvalue weighted by Gasteiger charge is -2.40. The second-order valence-electron chi connectivity index (χ2n) is 9.41. The first-order valence-electron chi connectivity index (χ1n) is 12.4. The van der Waals surface area contributed by atoms with Gasteiger partial charge in [0.1, 0.15) is 0 Å². The average Bonchev–Trinajstić information content (AvgIpc) is 2.84. The molecule has 190 valence electrons. The highest BCUT2D eigenvalue weighted by Gasteiger charge is 2.38. The van der Waals surface area contributed by atoms with Gasteiger partial charge in [-0.15, -0.1) is 0 Å². The average molecular weight is 484 g/mol. The third kappa shape index (κ3) is 7.46. The van der Waals surface area contributed by atoms with Gasteiger partial charge in [0.15, 0.2) is 11.5 Å². The standard InChI is InChI=1S/C28H37NO6/c1-3-20-9-13-28(14-10-20,19-26(31)32)29-27(33)23-7-8-24(34-2)25(18-23)35-16-12-22-6-4-5-21(17-22)11-15-30/h4-8,17-18,20,30H,3,9-16,19H2,1-2H3,(H,29,33)(H,31,32). The smallest absolute Gasteiger partial charge is 0.305 e. The second kappa shape index (κ2) is 12.6. The van der Waals surface area contributed by atoms with Crippen molar-refractivity contribution in [2.45, 2.75) is 63.8 Å². The Morgan fingerprint density at radius 1 is 1.06 bits per heavy atom. The minimum absolute atomic E-state index is 0.0793. The van der Waals surface area contributed by atoms with Crippen LogP contribution >= 0.6 is 0 Å². The maximum Gasteiger partial charge on any atom is 0.305 e. The quantitative estimate of drug-likeness (QED) is 0.413. The highest BCUT2D eigenvalue weighted by Crippen LogP contribution is 2.36. The Bertz CT molecular complexity index is 997. The Balaban J connectivity index is 1.69. The number of aliphatic hydroxyl groups is 1. The molecule has 3 rings (SSSR count). The van der Waals surface area contributed by atoms with Gasteiger partial charge >= 0.3 is 5.97 Å². The van der Waals surface area contributed by atoms with Crippen molar-refractivity contribution in [1.29, 1.82) is 0 Å². The molecule has 0 saturated heterocycles. The molecule has 7 heteroatoms. The normalized spacial score (nSPS) is 19.7. The summed E-state index contributed by atoms with van der Waals surface area (Å²) in [5.41, 5.74) is 1.86. The summed E-state index contributed by atoms with van der Waals surface area (Å²) in [5, 5.41) is 21.7. The molecule has 35 heavy (non-hydrogen) atoms. The van der Waals surface area contributed by atoms with Crippen molar-refractivity contribution in [3.05, 3.63) is 59.2 Å². The molecule has 0 heterocycles. The minimum atomic E-state index is -0.901. The molecule has 1 saturated carbocycles. The fourth-order valence-corrected chi connectivity index (χ4v) is 4.87. The number of carboxylic acid groups (broad SMARTS) is 1. The van der Waals surface area contributed by atoms with E-state index in [1.807, 2.05) is 18.2 Å². The SMILES string of the molecule is CCC1CCC(CC(=O)O)(NC(=O)c2ccc(OC)c(OCCc3cccc(CCO)c3)c2)CC1. The number of carbonyl (C=O) groups is 2. The van der Waals surface area contributed by atoms with E-state index in [1.54, 1.807) is 25.3 Å². The van der Waals surface area contributed by atoms with Gasteiger partial charge in [0.25, 0.3) is 5.91 Å². The van der Waals surface area contributed by atoms with Crippen LogP contribution in [0.15, 0.2) is 42.5 Å². The topological polar surface area (TPSA) is 105 Å². The van der Waals surface area contributed by atoms with Gasteiger partial charge in [0, 0.05) is 18.6 Å². The van der Waals surface area contributed by atoms with Gasteiger partial charge < -0.3 is 25.0 Å². The van der Waals surface area contributed by atoms with Crippen LogP contribution in [0, 0.1) is 5.92 Å². The Kier molecular flexibility index (Phi) is 9.55. The molecule has 3 N–H and O–H groups in total. The summed E-state index contributed by atoms with van der Waals surface area (Å²) in [6.45, 7) is 2.66. The van der Waals surface area contributed by atoms with Crippen molar-refractivity contribution in [2.75, 3.05) is 20.3 Å². The van der Waals surface area contributed by atoms with E-state index in [1.165, 1.54) is 0 Å². The molecule has 1 amide bonds. The highest BCUT2D eigenvalue weighted by molar-refractivity contribution is 5.95. The van der Waals surface area contributed by atoms with E-state index in [9.17, 15) is 14.7 Å². The molecule has 2 aromatic rings. The number of hydrogen-bond donors (Lipinski definition) is 3. The van der Waals surface area contributed by atoms with E-state index in [0.717, 1.165) is 30.4 Å². The molecule has 0 unspecified atom stereocenters. The number of hydrogen-bond acceptors (Lipinski definition) is 5. The minimum Gasteiger partial charge on any atom is -0.493 e. The zero-order chi connectivity index (χ0) is 25.3. The largest absolute Gasteiger partial charge is 0.493 e. The predicted molar refractivity (Wildman–Crippen MR) is 134 cm³/mol. The number of aliphatic hydroxyl groups excluding tert-OH is 1. The van der Waals surface area contributed by atoms with Crippen molar-refractivity contribution in [3.8, 4) is 11.5 Å². The summed E-state index contributed by atoms with van der Waals surface area (Å²) >= 11 is 0. The number of ether oxygens (including phenoxy) is 2. The van der Waals surface area contributed by atoms with Gasteiger partial charge in [-0.25, -0.2) is 0 Å². The fraction of sp³-hybridized carbons (Fsp3) is 0.500. The van der Waals surface area contributed by atoms with E-state index in [-0.39, 0.29) is 18.9 Å². The lowest BCUT2D eigenvalue weighted by molar-refractivity contribution is -0.139. The molecule has 2 aromatic carbocycles. The molecule has 0 atom stereocenters. The lowest BCUT2D eigenvalue weighted by Crippen LogP contribution is -2.52. The van der Waals surface area contributed by atoms with Crippen molar-refractivity contribution < 1.29 is 29.3 Å². The van der Waals surface area contributed by atoms with Crippen LogP contribution in [0.2, 0.25) is 0 Å². The van der Waals surface area contributed by atoms with Crippen LogP contribution in [0.5, 0.6) is 11.5 Å². The van der Waals surface area contributed by atoms with Gasteiger partial charge in [0.2, 0.25) is 0 Å². The summed E-state index contributed by atoms with van der Waals surface area (Å²) in [4.78, 5) is 24.7. The van der Waals surface area contributed by atoms with Crippen molar-refractivity contribution in [3.63, 3.8) is 0 Å². The number of carbonyl (C=O) groups excluding carboxylic acids is 1. The second-order valence-corrected chi connectivity index (χ2v) is 9.41. The number of nitrogens with one attached hydrogen (secondary N) is 1. The molecular weight excluding hydrogens is 446 g/mol. The van der Waals surface area contributed by atoms with Crippen LogP contribution in [0.1, 0.15) is 66.9 Å². The molecule has 0 aliphatic heterocycles. The summed E-state index contributed by atoms with van der Waals surface area (Å²) < 4.78 is 11.4. The first kappa shape index (κ1) is 26.5. The van der Waals surface area contributed by atoms with E-state index in [2.05, 4.69) is 18.3 Å². The maximum absolute atomic E-state index is 13.2. The Morgan fingerprint density at radius 3 is 2.40 bits per heavy atom. The molecule has 1 aliphatic carbocycles. The van der Waals surface area contributed by atoms with E-state index in [0.29, 0.717) is 55.3 Å². The monoisotopic (exact) mass is 483 g/mol. The van der Waals surface area contributed by atoms with Gasteiger partial charge in [-0.2, -0.15) is 0 Å². The zero-order valence-corrected chi connectivity index (χ0v) is 20.7. The molecule has 0 radical (unpaired) electrons. The number of amides is 1. The molecule has 7 nitrogen and oxygen atoms in total. The molecule has 0 spiro atoms. The maximum atomic E-state index is 13.2. The first-order valence-corrected chi connectivity index (χ1v) is 12.4. The molecule has 1 fully saturated rings. The summed E-state index contributed by atoms with van der Waals surface area (Å²) in [6, 6.07) is 13.0. The summed E-state index contributed by atoms with van der Waals surface area (Å²) in [6.07, 6.45) is 5.44. The van der Waals surface area contributed by atoms with Crippen molar-refractivity contribution in [1.82, 2.24) is 5.32 Å². The van der Waals surface area contributed by atoms with Crippen LogP contribution in [-0.2, 0) is 17.6 Å². The number of aliphatic carboxylic acids is 1. The highest BCUT2D eigenvalue weighted by atomic mass is 16.5. The van der Waals surface area contributed by atoms with Crippen LogP contribution < -0.4 is 14.8 Å². The summed E-state index contributed by atoms with van der Waals surface area (Å²) in [5.74, 6) is 0.375. The third-order valence-electron chi connectivity index (χ3n) is 6.97. The Morgan fingerprint density at radius 2 is 1.77 bits per heavy atom. The number of carboxylic acids is 1. The predicted octanol–water partition coefficient (Wildman–Crippen LogP) is 4.40. The molecule has 0 bridgehead atoms. The third-order valence-corrected chi connectivity index (χ3v) is 6.97. The van der Waals surface area contributed by atoms with Crippen LogP contribution in [-0.4, -0.2) is 48.0 Å². The van der Waals surface area contributed by atoms with Gasteiger partial charge in [0.05, 0.1) is 25.7 Å². The van der Waals surface area contributed by atoms with E-state index in [4.69, 9.17) is 14.6 Å². The fourth-order valence-electron chi connectivity index (χ4n) is 4.87. The number of benzene rings is 2. The number of methoxy groups -OCH3 is 1. The van der Waals surface area contributed by atoms with Gasteiger partial charge in [-0.05, 0) is 67.3 Å². The molecular formula is C28H37NO6. The van der Waals surface area contributed by atoms with Gasteiger partial charge in [-0.3, -0.25) is 9.59 Å². The zero-order valence-electron chi connectivity index (χ0n) is 20.7. The number of rotatable bonds is 12. The Labute approximate surface area is 207 Å². The van der Waals surface area contributed by atoms with Crippen LogP contribution in [0.4, 0.5) is 0 Å². The van der Waals surface area contributed by atoms with Crippen molar-refractivity contribution in [2.24, 2.45) is 5.92 Å². The first-order chi connectivity index (χ1) is 16.9. The molecule has 0 aromatic heterocycles. The van der Waals surface area contributed by atoms with E-state index >= 15 is 0 Å². The lowest BCUT2D eigenvalue weighted by atomic mass is 9.74. The van der Waals surface area contributed by atoms with Crippen molar-refractivity contribution >= 4 is 11.9 Å². The van der Waals surface area contributed by atoms with Crippen LogP contribution in [0.3, 0.4) is 0 Å². The van der Waals surface area contributed by atoms with E-state index < -0.39 is 11.5 Å². The molecule has 1 aliphatic rings. The van der Waals surface area contributed by atoms with Gasteiger partial charge in [-0.1, -0.05) is 37.6 Å².